The summed E-state index contributed by atoms with van der Waals surface area (Å²) in [6.07, 6.45) is 1.86. The first-order chi connectivity index (χ1) is 17.4. The Kier molecular flexibility index (Phi) is 4.31. The Morgan fingerprint density at radius 1 is 0.444 bits per heavy atom. The van der Waals surface area contributed by atoms with Gasteiger partial charge in [-0.25, -0.2) is 0 Å². The van der Waals surface area contributed by atoms with Crippen LogP contribution in [0.4, 0.5) is 0 Å². The van der Waals surface area contributed by atoms with E-state index in [0.717, 1.165) is 11.3 Å². The van der Waals surface area contributed by atoms with Gasteiger partial charge in [0.15, 0.2) is 0 Å². The molecule has 174 valence electrons. The summed E-state index contributed by atoms with van der Waals surface area (Å²) in [6.45, 7) is 9.49. The molecule has 0 unspecified atom stereocenters. The lowest BCUT2D eigenvalue weighted by Crippen LogP contribution is -2.17. The summed E-state index contributed by atoms with van der Waals surface area (Å²) in [6, 6.07) is 35.7. The minimum absolute atomic E-state index is 0.0136. The summed E-state index contributed by atoms with van der Waals surface area (Å²) in [5.74, 6) is 0. The molecule has 0 spiro atoms. The molecule has 1 heteroatoms. The molecule has 0 saturated carbocycles. The summed E-state index contributed by atoms with van der Waals surface area (Å²) in [5.41, 5.74) is 15.9. The number of nitrogens with zero attached hydrogens (tertiary/aromatic N) is 1. The van der Waals surface area contributed by atoms with E-state index in [1.54, 1.807) is 0 Å². The van der Waals surface area contributed by atoms with Crippen molar-refractivity contribution in [3.63, 3.8) is 0 Å². The Hall–Kier alpha value is -3.97. The van der Waals surface area contributed by atoms with Crippen LogP contribution in [0.1, 0.15) is 49.9 Å². The largest absolute Gasteiger partial charge is 0.256 e. The second-order valence-electron chi connectivity index (χ2n) is 11.3. The van der Waals surface area contributed by atoms with Crippen molar-refractivity contribution in [2.45, 2.75) is 38.5 Å². The zero-order valence-corrected chi connectivity index (χ0v) is 21.3. The van der Waals surface area contributed by atoms with Gasteiger partial charge >= 0.3 is 0 Å². The summed E-state index contributed by atoms with van der Waals surface area (Å²) < 4.78 is 0. The monoisotopic (exact) mass is 463 g/mol. The van der Waals surface area contributed by atoms with Crippen molar-refractivity contribution >= 4 is 0 Å². The van der Waals surface area contributed by atoms with Crippen LogP contribution in [0.2, 0.25) is 0 Å². The third-order valence-corrected chi connectivity index (χ3v) is 8.53. The molecule has 7 rings (SSSR count). The Morgan fingerprint density at radius 3 is 1.81 bits per heavy atom. The van der Waals surface area contributed by atoms with Crippen molar-refractivity contribution < 1.29 is 0 Å². The Balaban J connectivity index is 1.36. The minimum atomic E-state index is -0.0595. The van der Waals surface area contributed by atoms with Gasteiger partial charge in [-0.1, -0.05) is 88.4 Å². The van der Waals surface area contributed by atoms with E-state index < -0.39 is 0 Å². The van der Waals surface area contributed by atoms with Crippen LogP contribution in [0.15, 0.2) is 103 Å². The van der Waals surface area contributed by atoms with Crippen LogP contribution in [-0.2, 0) is 10.8 Å². The minimum Gasteiger partial charge on any atom is -0.256 e. The second-order valence-corrected chi connectivity index (χ2v) is 11.3. The van der Waals surface area contributed by atoms with Gasteiger partial charge in [0.2, 0.25) is 0 Å². The van der Waals surface area contributed by atoms with Crippen LogP contribution in [0, 0.1) is 0 Å². The van der Waals surface area contributed by atoms with E-state index in [0.29, 0.717) is 0 Å². The molecule has 0 amide bonds. The number of aromatic nitrogens is 1. The van der Waals surface area contributed by atoms with Crippen molar-refractivity contribution in [3.05, 3.63) is 126 Å². The maximum Gasteiger partial charge on any atom is 0.0702 e. The topological polar surface area (TPSA) is 12.9 Å². The average Bonchev–Trinajstić information content (AvgIpc) is 3.27. The molecular weight excluding hydrogens is 434 g/mol. The summed E-state index contributed by atoms with van der Waals surface area (Å²) in [7, 11) is 0. The van der Waals surface area contributed by atoms with Crippen molar-refractivity contribution in [2.24, 2.45) is 0 Å². The fourth-order valence-corrected chi connectivity index (χ4v) is 6.50. The number of pyridine rings is 1. The zero-order valence-electron chi connectivity index (χ0n) is 21.3. The Labute approximate surface area is 213 Å². The van der Waals surface area contributed by atoms with Crippen LogP contribution >= 0.6 is 0 Å². The molecule has 1 aromatic heterocycles. The summed E-state index contributed by atoms with van der Waals surface area (Å²) >= 11 is 0. The average molecular weight is 464 g/mol. The zero-order chi connectivity index (χ0) is 24.7. The standard InChI is InChI=1S/C35H29N/c1-34(2)29-13-6-5-12-25(29)27-20-32-28(21-31(27)34)26-16-15-23(19-30(26)35(32,3)4)22-10-9-11-24(18-22)33-14-7-8-17-36-33/h5-21H,1-4H3. The lowest BCUT2D eigenvalue weighted by molar-refractivity contribution is 0.652. The molecule has 0 fully saturated rings. The normalized spacial score (nSPS) is 15.7. The summed E-state index contributed by atoms with van der Waals surface area (Å²) in [5, 5.41) is 0. The molecule has 0 saturated heterocycles. The summed E-state index contributed by atoms with van der Waals surface area (Å²) in [4.78, 5) is 4.55. The van der Waals surface area contributed by atoms with Gasteiger partial charge in [-0.05, 0) is 92.0 Å². The molecule has 1 nitrogen and oxygen atoms in total. The molecule has 0 atom stereocenters. The maximum atomic E-state index is 4.55. The molecule has 36 heavy (non-hydrogen) atoms. The molecule has 4 aromatic carbocycles. The molecule has 0 aliphatic heterocycles. The number of hydrogen-bond acceptors (Lipinski definition) is 1. The van der Waals surface area contributed by atoms with E-state index in [2.05, 4.69) is 118 Å². The van der Waals surface area contributed by atoms with Crippen molar-refractivity contribution in [1.29, 1.82) is 0 Å². The first kappa shape index (κ1) is 21.3. The van der Waals surface area contributed by atoms with Crippen LogP contribution < -0.4 is 0 Å². The molecular formula is C35H29N. The highest BCUT2D eigenvalue weighted by atomic mass is 14.7. The van der Waals surface area contributed by atoms with Crippen LogP contribution in [0.3, 0.4) is 0 Å². The maximum absolute atomic E-state index is 4.55. The molecule has 0 N–H and O–H groups in total. The van der Waals surface area contributed by atoms with Crippen molar-refractivity contribution in [1.82, 2.24) is 4.98 Å². The molecule has 0 radical (unpaired) electrons. The van der Waals surface area contributed by atoms with E-state index in [9.17, 15) is 0 Å². The highest BCUT2D eigenvalue weighted by Gasteiger charge is 2.41. The predicted molar refractivity (Wildman–Crippen MR) is 150 cm³/mol. The lowest BCUT2D eigenvalue weighted by atomic mass is 9.79. The predicted octanol–water partition coefficient (Wildman–Crippen LogP) is 9.03. The molecule has 1 heterocycles. The van der Waals surface area contributed by atoms with Gasteiger partial charge in [0.05, 0.1) is 5.69 Å². The quantitative estimate of drug-likeness (QED) is 0.254. The van der Waals surface area contributed by atoms with Crippen LogP contribution in [0.5, 0.6) is 0 Å². The van der Waals surface area contributed by atoms with Gasteiger partial charge in [0, 0.05) is 22.6 Å². The molecule has 2 aliphatic carbocycles. The molecule has 2 aliphatic rings. The van der Waals surface area contributed by atoms with Gasteiger partial charge in [-0.15, -0.1) is 0 Å². The SMILES string of the molecule is CC1(C)c2ccccc2-c2cc3c(cc21)-c1ccc(-c2cccc(-c4ccccn4)c2)cc1C3(C)C. The van der Waals surface area contributed by atoms with Crippen molar-refractivity contribution in [3.8, 4) is 44.6 Å². The highest BCUT2D eigenvalue weighted by Crippen LogP contribution is 2.56. The highest BCUT2D eigenvalue weighted by molar-refractivity contribution is 5.90. The number of fused-ring (bicyclic) bond motifs is 6. The molecule has 0 bridgehead atoms. The first-order valence-corrected chi connectivity index (χ1v) is 12.8. The Morgan fingerprint density at radius 2 is 1.06 bits per heavy atom. The van der Waals surface area contributed by atoms with Gasteiger partial charge in [-0.3, -0.25) is 4.98 Å². The molecule has 5 aromatic rings. The van der Waals surface area contributed by atoms with Gasteiger partial charge in [0.1, 0.15) is 0 Å². The van der Waals surface area contributed by atoms with E-state index >= 15 is 0 Å². The van der Waals surface area contributed by atoms with E-state index in [1.807, 2.05) is 18.3 Å². The van der Waals surface area contributed by atoms with E-state index in [4.69, 9.17) is 0 Å². The van der Waals surface area contributed by atoms with Crippen LogP contribution in [0.25, 0.3) is 44.6 Å². The van der Waals surface area contributed by atoms with Crippen molar-refractivity contribution in [2.75, 3.05) is 0 Å². The van der Waals surface area contributed by atoms with E-state index in [-0.39, 0.29) is 10.8 Å². The lowest BCUT2D eigenvalue weighted by Gasteiger charge is -2.24. The van der Waals surface area contributed by atoms with Gasteiger partial charge in [-0.2, -0.15) is 0 Å². The van der Waals surface area contributed by atoms with E-state index in [1.165, 1.54) is 55.6 Å². The Bertz CT molecular complexity index is 1670. The first-order valence-electron chi connectivity index (χ1n) is 12.8. The second kappa shape index (κ2) is 7.27. The number of rotatable bonds is 2. The third-order valence-electron chi connectivity index (χ3n) is 8.53. The number of benzene rings is 4. The third kappa shape index (κ3) is 2.86. The van der Waals surface area contributed by atoms with Gasteiger partial charge < -0.3 is 0 Å². The fourth-order valence-electron chi connectivity index (χ4n) is 6.50. The van der Waals surface area contributed by atoms with Gasteiger partial charge in [0.25, 0.3) is 0 Å². The smallest absolute Gasteiger partial charge is 0.0702 e. The van der Waals surface area contributed by atoms with Crippen LogP contribution in [-0.4, -0.2) is 4.98 Å². The number of hydrogen-bond donors (Lipinski definition) is 0. The fraction of sp³-hybridized carbons (Fsp3) is 0.171.